The molecule has 0 amide bonds. The Labute approximate surface area is 108 Å². The van der Waals surface area contributed by atoms with Crippen LogP contribution in [-0.2, 0) is 20.1 Å². The Kier molecular flexibility index (Phi) is 3.91. The van der Waals surface area contributed by atoms with Gasteiger partial charge in [0.1, 0.15) is 5.82 Å². The van der Waals surface area contributed by atoms with Crippen molar-refractivity contribution in [2.75, 3.05) is 0 Å². The minimum Gasteiger partial charge on any atom is -0.307 e. The SMILES string of the molecule is Cn1ccc(CNCc2ccc(Br)cc2F)n1. The van der Waals surface area contributed by atoms with Gasteiger partial charge in [-0.1, -0.05) is 22.0 Å². The molecule has 0 atom stereocenters. The molecule has 0 spiro atoms. The molecule has 0 unspecified atom stereocenters. The Bertz CT molecular complexity index is 510. The van der Waals surface area contributed by atoms with E-state index < -0.39 is 0 Å². The summed E-state index contributed by atoms with van der Waals surface area (Å²) >= 11 is 3.23. The maximum absolute atomic E-state index is 13.5. The zero-order valence-electron chi connectivity index (χ0n) is 9.45. The quantitative estimate of drug-likeness (QED) is 0.940. The molecule has 0 saturated heterocycles. The molecule has 1 aromatic carbocycles. The second-order valence-electron chi connectivity index (χ2n) is 3.82. The van der Waals surface area contributed by atoms with Crippen molar-refractivity contribution in [3.63, 3.8) is 0 Å². The van der Waals surface area contributed by atoms with Crippen LogP contribution in [0.25, 0.3) is 0 Å². The predicted octanol–water partition coefficient (Wildman–Crippen LogP) is 2.61. The van der Waals surface area contributed by atoms with Gasteiger partial charge in [-0.15, -0.1) is 0 Å². The maximum Gasteiger partial charge on any atom is 0.128 e. The highest BCUT2D eigenvalue weighted by Crippen LogP contribution is 2.15. The van der Waals surface area contributed by atoms with Crippen LogP contribution in [0.1, 0.15) is 11.3 Å². The number of benzene rings is 1. The van der Waals surface area contributed by atoms with E-state index in [0.717, 1.165) is 10.2 Å². The van der Waals surface area contributed by atoms with Crippen molar-refractivity contribution in [1.29, 1.82) is 0 Å². The van der Waals surface area contributed by atoms with Crippen LogP contribution in [0.3, 0.4) is 0 Å². The second kappa shape index (κ2) is 5.42. The fourth-order valence-electron chi connectivity index (χ4n) is 1.55. The average molecular weight is 298 g/mol. The summed E-state index contributed by atoms with van der Waals surface area (Å²) in [7, 11) is 1.87. The topological polar surface area (TPSA) is 29.9 Å². The first-order valence-corrected chi connectivity index (χ1v) is 6.07. The fourth-order valence-corrected chi connectivity index (χ4v) is 1.88. The minimum absolute atomic E-state index is 0.201. The van der Waals surface area contributed by atoms with Gasteiger partial charge in [0.25, 0.3) is 0 Å². The monoisotopic (exact) mass is 297 g/mol. The lowest BCUT2D eigenvalue weighted by atomic mass is 10.2. The van der Waals surface area contributed by atoms with E-state index >= 15 is 0 Å². The number of hydrogen-bond acceptors (Lipinski definition) is 2. The van der Waals surface area contributed by atoms with Crippen molar-refractivity contribution < 1.29 is 4.39 Å². The van der Waals surface area contributed by atoms with Crippen LogP contribution in [0.15, 0.2) is 34.9 Å². The number of hydrogen-bond donors (Lipinski definition) is 1. The molecule has 0 aliphatic carbocycles. The van der Waals surface area contributed by atoms with E-state index in [4.69, 9.17) is 0 Å². The van der Waals surface area contributed by atoms with E-state index in [0.29, 0.717) is 18.7 Å². The second-order valence-corrected chi connectivity index (χ2v) is 4.74. The highest BCUT2D eigenvalue weighted by Gasteiger charge is 2.02. The zero-order valence-corrected chi connectivity index (χ0v) is 11.0. The lowest BCUT2D eigenvalue weighted by Crippen LogP contribution is -2.14. The van der Waals surface area contributed by atoms with Crippen molar-refractivity contribution in [3.05, 3.63) is 52.0 Å². The highest BCUT2D eigenvalue weighted by atomic mass is 79.9. The zero-order chi connectivity index (χ0) is 12.3. The van der Waals surface area contributed by atoms with Crippen LogP contribution in [0.4, 0.5) is 4.39 Å². The molecule has 0 bridgehead atoms. The Morgan fingerprint density at radius 2 is 2.18 bits per heavy atom. The summed E-state index contributed by atoms with van der Waals surface area (Å²) in [5.74, 6) is -0.201. The summed E-state index contributed by atoms with van der Waals surface area (Å²) < 4.78 is 16.0. The number of rotatable bonds is 4. The molecule has 0 saturated carbocycles. The number of nitrogens with one attached hydrogen (secondary N) is 1. The van der Waals surface area contributed by atoms with Crippen LogP contribution in [-0.4, -0.2) is 9.78 Å². The van der Waals surface area contributed by atoms with Gasteiger partial charge < -0.3 is 5.32 Å². The van der Waals surface area contributed by atoms with Gasteiger partial charge in [-0.25, -0.2) is 4.39 Å². The molecule has 1 heterocycles. The van der Waals surface area contributed by atoms with E-state index in [1.165, 1.54) is 6.07 Å². The molecule has 5 heteroatoms. The molecule has 1 N–H and O–H groups in total. The molecule has 2 aromatic rings. The molecule has 3 nitrogen and oxygen atoms in total. The number of aryl methyl sites for hydroxylation is 1. The van der Waals surface area contributed by atoms with E-state index in [-0.39, 0.29) is 5.82 Å². The summed E-state index contributed by atoms with van der Waals surface area (Å²) in [5.41, 5.74) is 1.61. The predicted molar refractivity (Wildman–Crippen MR) is 67.9 cm³/mol. The van der Waals surface area contributed by atoms with Gasteiger partial charge in [0, 0.05) is 36.4 Å². The van der Waals surface area contributed by atoms with Crippen LogP contribution in [0.5, 0.6) is 0 Å². The van der Waals surface area contributed by atoms with Crippen molar-refractivity contribution >= 4 is 15.9 Å². The summed E-state index contributed by atoms with van der Waals surface area (Å²) in [4.78, 5) is 0. The maximum atomic E-state index is 13.5. The van der Waals surface area contributed by atoms with Gasteiger partial charge in [0.2, 0.25) is 0 Å². The molecule has 0 aliphatic rings. The lowest BCUT2D eigenvalue weighted by Gasteiger charge is -2.04. The average Bonchev–Trinajstić information content (AvgIpc) is 2.68. The highest BCUT2D eigenvalue weighted by molar-refractivity contribution is 9.10. The van der Waals surface area contributed by atoms with E-state index in [1.54, 1.807) is 10.7 Å². The van der Waals surface area contributed by atoms with E-state index in [9.17, 15) is 4.39 Å². The third kappa shape index (κ3) is 3.38. The Morgan fingerprint density at radius 1 is 1.35 bits per heavy atom. The molecule has 90 valence electrons. The first kappa shape index (κ1) is 12.3. The van der Waals surface area contributed by atoms with Crippen LogP contribution < -0.4 is 5.32 Å². The molecule has 0 radical (unpaired) electrons. The van der Waals surface area contributed by atoms with Gasteiger partial charge >= 0.3 is 0 Å². The van der Waals surface area contributed by atoms with Crippen molar-refractivity contribution in [1.82, 2.24) is 15.1 Å². The number of aromatic nitrogens is 2. The van der Waals surface area contributed by atoms with Gasteiger partial charge in [-0.3, -0.25) is 4.68 Å². The molecular formula is C12H13BrFN3. The first-order chi connectivity index (χ1) is 8.15. The van der Waals surface area contributed by atoms with Crippen LogP contribution >= 0.6 is 15.9 Å². The molecule has 0 aliphatic heterocycles. The van der Waals surface area contributed by atoms with Crippen molar-refractivity contribution in [3.8, 4) is 0 Å². The van der Waals surface area contributed by atoms with E-state index in [1.807, 2.05) is 25.4 Å². The summed E-state index contributed by atoms with van der Waals surface area (Å²) in [6.07, 6.45) is 1.89. The molecular weight excluding hydrogens is 285 g/mol. The number of nitrogens with zero attached hydrogens (tertiary/aromatic N) is 2. The smallest absolute Gasteiger partial charge is 0.128 e. The fraction of sp³-hybridized carbons (Fsp3) is 0.250. The first-order valence-electron chi connectivity index (χ1n) is 5.28. The van der Waals surface area contributed by atoms with Gasteiger partial charge in [-0.05, 0) is 18.2 Å². The minimum atomic E-state index is -0.201. The molecule has 0 fully saturated rings. The van der Waals surface area contributed by atoms with Crippen molar-refractivity contribution in [2.45, 2.75) is 13.1 Å². The Balaban J connectivity index is 1.90. The summed E-state index contributed by atoms with van der Waals surface area (Å²) in [6.45, 7) is 1.13. The standard InChI is InChI=1S/C12H13BrFN3/c1-17-5-4-11(16-17)8-15-7-9-2-3-10(13)6-12(9)14/h2-6,15H,7-8H2,1H3. The molecule has 1 aromatic heterocycles. The number of halogens is 2. The van der Waals surface area contributed by atoms with Crippen molar-refractivity contribution in [2.24, 2.45) is 7.05 Å². The lowest BCUT2D eigenvalue weighted by molar-refractivity contribution is 0.582. The third-order valence-corrected chi connectivity index (χ3v) is 2.90. The van der Waals surface area contributed by atoms with Gasteiger partial charge in [0.15, 0.2) is 0 Å². The Hall–Kier alpha value is -1.20. The van der Waals surface area contributed by atoms with Crippen LogP contribution in [0, 0.1) is 5.82 Å². The molecule has 17 heavy (non-hydrogen) atoms. The van der Waals surface area contributed by atoms with Gasteiger partial charge in [-0.2, -0.15) is 5.10 Å². The summed E-state index contributed by atoms with van der Waals surface area (Å²) in [5, 5.41) is 7.39. The van der Waals surface area contributed by atoms with Gasteiger partial charge in [0.05, 0.1) is 5.69 Å². The summed E-state index contributed by atoms with van der Waals surface area (Å²) in [6, 6.07) is 7.01. The van der Waals surface area contributed by atoms with E-state index in [2.05, 4.69) is 26.3 Å². The third-order valence-electron chi connectivity index (χ3n) is 2.41. The molecule has 2 rings (SSSR count). The Morgan fingerprint density at radius 3 is 2.82 bits per heavy atom. The largest absolute Gasteiger partial charge is 0.307 e. The normalized spacial score (nSPS) is 10.8. The van der Waals surface area contributed by atoms with Crippen LogP contribution in [0.2, 0.25) is 0 Å².